The first kappa shape index (κ1) is 11.7. The summed E-state index contributed by atoms with van der Waals surface area (Å²) in [6, 6.07) is 5.05. The molecule has 0 radical (unpaired) electrons. The number of aromatic hydroxyl groups is 1. The number of carbonyl (C=O) groups is 2. The second kappa shape index (κ2) is 4.25. The lowest BCUT2D eigenvalue weighted by molar-refractivity contribution is 0.0651. The molecular weight excluding hydrogens is 240 g/mol. The van der Waals surface area contributed by atoms with Gasteiger partial charge in [-0.3, -0.25) is 0 Å². The van der Waals surface area contributed by atoms with E-state index in [1.807, 2.05) is 0 Å². The predicted octanol–water partition coefficient (Wildman–Crippen LogP) is 2.05. The van der Waals surface area contributed by atoms with Crippen molar-refractivity contribution in [3.8, 4) is 17.1 Å². The molecule has 0 aliphatic rings. The number of furan rings is 1. The van der Waals surface area contributed by atoms with Gasteiger partial charge in [-0.1, -0.05) is 0 Å². The molecule has 92 valence electrons. The van der Waals surface area contributed by atoms with Crippen LogP contribution in [-0.4, -0.2) is 27.3 Å². The summed E-state index contributed by atoms with van der Waals surface area (Å²) in [5, 5.41) is 27.5. The minimum absolute atomic E-state index is 0.0184. The van der Waals surface area contributed by atoms with E-state index in [4.69, 9.17) is 14.6 Å². The van der Waals surface area contributed by atoms with E-state index in [1.54, 1.807) is 0 Å². The Bertz CT molecular complexity index is 612. The number of rotatable bonds is 3. The summed E-state index contributed by atoms with van der Waals surface area (Å²) in [5.74, 6) is -3.01. The van der Waals surface area contributed by atoms with Crippen molar-refractivity contribution in [3.05, 3.63) is 41.7 Å². The van der Waals surface area contributed by atoms with Crippen molar-refractivity contribution in [2.75, 3.05) is 0 Å². The molecule has 1 aromatic carbocycles. The van der Waals surface area contributed by atoms with Crippen molar-refractivity contribution in [3.63, 3.8) is 0 Å². The van der Waals surface area contributed by atoms with E-state index in [-0.39, 0.29) is 17.1 Å². The monoisotopic (exact) mass is 248 g/mol. The van der Waals surface area contributed by atoms with Gasteiger partial charge >= 0.3 is 11.9 Å². The fourth-order valence-electron chi connectivity index (χ4n) is 1.65. The summed E-state index contributed by atoms with van der Waals surface area (Å²) >= 11 is 0. The fourth-order valence-corrected chi connectivity index (χ4v) is 1.65. The second-order valence-electron chi connectivity index (χ2n) is 3.50. The third-order valence-corrected chi connectivity index (χ3v) is 2.35. The Morgan fingerprint density at radius 1 is 1.11 bits per heavy atom. The summed E-state index contributed by atoms with van der Waals surface area (Å²) in [7, 11) is 0. The van der Waals surface area contributed by atoms with Crippen LogP contribution in [0, 0.1) is 0 Å². The molecule has 1 aromatic heterocycles. The maximum absolute atomic E-state index is 11.2. The number of phenolic OH excluding ortho intramolecular Hbond substituents is 1. The van der Waals surface area contributed by atoms with Crippen LogP contribution in [0.25, 0.3) is 11.3 Å². The van der Waals surface area contributed by atoms with E-state index >= 15 is 0 Å². The highest BCUT2D eigenvalue weighted by atomic mass is 16.4. The Kier molecular flexibility index (Phi) is 2.77. The Morgan fingerprint density at radius 3 is 2.33 bits per heavy atom. The first-order valence-electron chi connectivity index (χ1n) is 4.88. The number of carboxylic acid groups (broad SMARTS) is 2. The molecule has 2 aromatic rings. The van der Waals surface area contributed by atoms with Crippen LogP contribution < -0.4 is 0 Å². The molecule has 0 aliphatic heterocycles. The zero-order valence-electron chi connectivity index (χ0n) is 8.95. The zero-order chi connectivity index (χ0) is 13.3. The summed E-state index contributed by atoms with van der Waals surface area (Å²) in [5.41, 5.74) is -0.894. The Labute approximate surface area is 101 Å². The summed E-state index contributed by atoms with van der Waals surface area (Å²) in [4.78, 5) is 22.2. The van der Waals surface area contributed by atoms with Crippen molar-refractivity contribution in [1.29, 1.82) is 0 Å². The number of carboxylic acids is 2. The smallest absolute Gasteiger partial charge is 0.337 e. The number of hydrogen-bond acceptors (Lipinski definition) is 4. The molecule has 2 rings (SSSR count). The van der Waals surface area contributed by atoms with Gasteiger partial charge in [0.1, 0.15) is 11.5 Å². The van der Waals surface area contributed by atoms with Crippen molar-refractivity contribution < 1.29 is 29.3 Å². The van der Waals surface area contributed by atoms with Gasteiger partial charge < -0.3 is 19.7 Å². The largest absolute Gasteiger partial charge is 0.508 e. The fraction of sp³-hybridized carbons (Fsp3) is 0. The van der Waals surface area contributed by atoms with Crippen LogP contribution in [-0.2, 0) is 0 Å². The molecule has 0 amide bonds. The topological polar surface area (TPSA) is 108 Å². The van der Waals surface area contributed by atoms with Gasteiger partial charge in [0, 0.05) is 5.56 Å². The minimum Gasteiger partial charge on any atom is -0.508 e. The Hall–Kier alpha value is -2.76. The first-order chi connectivity index (χ1) is 8.50. The average molecular weight is 248 g/mol. The molecule has 0 saturated carbocycles. The van der Waals surface area contributed by atoms with Crippen LogP contribution in [0.5, 0.6) is 5.75 Å². The van der Waals surface area contributed by atoms with E-state index in [1.165, 1.54) is 18.4 Å². The maximum Gasteiger partial charge on any atom is 0.337 e. The molecule has 0 saturated heterocycles. The highest BCUT2D eigenvalue weighted by Crippen LogP contribution is 2.31. The second-order valence-corrected chi connectivity index (χ2v) is 3.50. The van der Waals surface area contributed by atoms with Crippen molar-refractivity contribution >= 4 is 11.9 Å². The third-order valence-electron chi connectivity index (χ3n) is 2.35. The van der Waals surface area contributed by atoms with Crippen molar-refractivity contribution in [2.45, 2.75) is 0 Å². The van der Waals surface area contributed by atoms with Crippen LogP contribution in [0.4, 0.5) is 0 Å². The average Bonchev–Trinajstić information content (AvgIpc) is 2.80. The van der Waals surface area contributed by atoms with Crippen LogP contribution in [0.3, 0.4) is 0 Å². The molecule has 18 heavy (non-hydrogen) atoms. The highest BCUT2D eigenvalue weighted by molar-refractivity contribution is 6.06. The van der Waals surface area contributed by atoms with Gasteiger partial charge in [0.25, 0.3) is 0 Å². The molecule has 0 spiro atoms. The van der Waals surface area contributed by atoms with E-state index in [9.17, 15) is 14.7 Å². The Balaban J connectivity index is 2.79. The molecular formula is C12H8O6. The molecule has 1 heterocycles. The van der Waals surface area contributed by atoms with Gasteiger partial charge in [-0.25, -0.2) is 9.59 Å². The number of aromatic carboxylic acids is 2. The van der Waals surface area contributed by atoms with Gasteiger partial charge in [-0.05, 0) is 24.3 Å². The molecule has 3 N–H and O–H groups in total. The quantitative estimate of drug-likeness (QED) is 0.767. The number of phenols is 1. The Morgan fingerprint density at radius 2 is 1.83 bits per heavy atom. The molecule has 0 atom stereocenters. The van der Waals surface area contributed by atoms with Crippen LogP contribution in [0.2, 0.25) is 0 Å². The van der Waals surface area contributed by atoms with Gasteiger partial charge in [0.2, 0.25) is 0 Å². The SMILES string of the molecule is O=C(O)c1cc(O)cc(-c2ccco2)c1C(=O)O. The predicted molar refractivity (Wildman–Crippen MR) is 59.7 cm³/mol. The van der Waals surface area contributed by atoms with E-state index in [2.05, 4.69) is 0 Å². The van der Waals surface area contributed by atoms with E-state index < -0.39 is 23.1 Å². The summed E-state index contributed by atoms with van der Waals surface area (Å²) < 4.78 is 5.03. The van der Waals surface area contributed by atoms with Crippen LogP contribution >= 0.6 is 0 Å². The van der Waals surface area contributed by atoms with Gasteiger partial charge in [0.15, 0.2) is 0 Å². The highest BCUT2D eigenvalue weighted by Gasteiger charge is 2.23. The van der Waals surface area contributed by atoms with Gasteiger partial charge in [-0.15, -0.1) is 0 Å². The molecule has 0 unspecified atom stereocenters. The molecule has 6 nitrogen and oxygen atoms in total. The number of benzene rings is 1. The van der Waals surface area contributed by atoms with Gasteiger partial charge in [-0.2, -0.15) is 0 Å². The maximum atomic E-state index is 11.2. The van der Waals surface area contributed by atoms with Crippen LogP contribution in [0.15, 0.2) is 34.9 Å². The lowest BCUT2D eigenvalue weighted by Gasteiger charge is -2.08. The lowest BCUT2D eigenvalue weighted by Crippen LogP contribution is -2.09. The van der Waals surface area contributed by atoms with Crippen molar-refractivity contribution in [1.82, 2.24) is 0 Å². The van der Waals surface area contributed by atoms with Crippen LogP contribution in [0.1, 0.15) is 20.7 Å². The summed E-state index contributed by atoms with van der Waals surface area (Å²) in [6.45, 7) is 0. The number of hydrogen-bond donors (Lipinski definition) is 3. The molecule has 0 bridgehead atoms. The molecule has 6 heteroatoms. The van der Waals surface area contributed by atoms with E-state index in [0.29, 0.717) is 0 Å². The van der Waals surface area contributed by atoms with Crippen molar-refractivity contribution in [2.24, 2.45) is 0 Å². The zero-order valence-corrected chi connectivity index (χ0v) is 8.95. The van der Waals surface area contributed by atoms with E-state index in [0.717, 1.165) is 12.1 Å². The third kappa shape index (κ3) is 1.91. The first-order valence-corrected chi connectivity index (χ1v) is 4.88. The van der Waals surface area contributed by atoms with Gasteiger partial charge in [0.05, 0.1) is 17.4 Å². The molecule has 0 fully saturated rings. The molecule has 0 aliphatic carbocycles. The standard InChI is InChI=1S/C12H8O6/c13-6-4-7(9-2-1-3-18-9)10(12(16)17)8(5-6)11(14)15/h1-5,13H,(H,14,15)(H,16,17). The normalized spacial score (nSPS) is 10.2. The minimum atomic E-state index is -1.43. The lowest BCUT2D eigenvalue weighted by atomic mass is 9.98. The summed E-state index contributed by atoms with van der Waals surface area (Å²) in [6.07, 6.45) is 1.32.